The van der Waals surface area contributed by atoms with Crippen LogP contribution in [-0.2, 0) is 0 Å². The van der Waals surface area contributed by atoms with Gasteiger partial charge in [-0.2, -0.15) is 0 Å². The van der Waals surface area contributed by atoms with Crippen LogP contribution in [0.1, 0.15) is 47.5 Å². The van der Waals surface area contributed by atoms with Crippen molar-refractivity contribution < 1.29 is 0 Å². The van der Waals surface area contributed by atoms with Gasteiger partial charge in [0.05, 0.1) is 0 Å². The quantitative estimate of drug-likeness (QED) is 0.644. The van der Waals surface area contributed by atoms with Crippen molar-refractivity contribution in [3.05, 3.63) is 22.8 Å². The molecule has 1 heteroatoms. The van der Waals surface area contributed by atoms with Gasteiger partial charge < -0.3 is 5.73 Å². The Morgan fingerprint density at radius 2 is 1.67 bits per heavy atom. The number of hydrogen-bond donors (Lipinski definition) is 1. The van der Waals surface area contributed by atoms with E-state index in [4.69, 9.17) is 5.73 Å². The van der Waals surface area contributed by atoms with Gasteiger partial charge in [-0.05, 0) is 41.7 Å². The standard InChI is InChI=1S/C14H23N/c1-9-8-10-11(12(9)15)14(4,5)7-6-13(10,2)3/h8,12H,6-7,15H2,1-5H3. The van der Waals surface area contributed by atoms with E-state index < -0.39 is 0 Å². The number of allylic oxidation sites excluding steroid dienone is 2. The SMILES string of the molecule is CC1=CC2=C(C1N)C(C)(C)CCC2(C)C. The fraction of sp³-hybridized carbons (Fsp3) is 0.714. The van der Waals surface area contributed by atoms with Crippen LogP contribution in [-0.4, -0.2) is 6.04 Å². The highest BCUT2D eigenvalue weighted by Crippen LogP contribution is 2.53. The molecule has 1 nitrogen and oxygen atoms in total. The molecule has 2 rings (SSSR count). The second-order valence-electron chi connectivity index (χ2n) is 6.46. The van der Waals surface area contributed by atoms with Gasteiger partial charge in [-0.25, -0.2) is 0 Å². The highest BCUT2D eigenvalue weighted by molar-refractivity contribution is 5.50. The molecule has 0 aromatic heterocycles. The van der Waals surface area contributed by atoms with Crippen LogP contribution >= 0.6 is 0 Å². The topological polar surface area (TPSA) is 26.0 Å². The smallest absolute Gasteiger partial charge is 0.0481 e. The third-order valence-corrected chi connectivity index (χ3v) is 4.30. The Bertz CT molecular complexity index is 356. The Morgan fingerprint density at radius 3 is 2.20 bits per heavy atom. The minimum Gasteiger partial charge on any atom is -0.321 e. The summed E-state index contributed by atoms with van der Waals surface area (Å²) in [5.74, 6) is 0. The fourth-order valence-electron chi connectivity index (χ4n) is 3.03. The van der Waals surface area contributed by atoms with Crippen molar-refractivity contribution in [2.24, 2.45) is 16.6 Å². The van der Waals surface area contributed by atoms with E-state index in [2.05, 4.69) is 40.7 Å². The van der Waals surface area contributed by atoms with E-state index in [9.17, 15) is 0 Å². The first kappa shape index (κ1) is 10.9. The summed E-state index contributed by atoms with van der Waals surface area (Å²) in [6, 6.07) is 0.176. The van der Waals surface area contributed by atoms with E-state index in [0.29, 0.717) is 10.8 Å². The number of rotatable bonds is 0. The molecule has 0 fully saturated rings. The van der Waals surface area contributed by atoms with Crippen LogP contribution in [0.4, 0.5) is 0 Å². The molecular weight excluding hydrogens is 182 g/mol. The summed E-state index contributed by atoms with van der Waals surface area (Å²) >= 11 is 0. The molecule has 2 aliphatic carbocycles. The van der Waals surface area contributed by atoms with Crippen LogP contribution in [0, 0.1) is 10.8 Å². The van der Waals surface area contributed by atoms with Gasteiger partial charge in [-0.3, -0.25) is 0 Å². The number of nitrogens with two attached hydrogens (primary N) is 1. The lowest BCUT2D eigenvalue weighted by atomic mass is 9.63. The Kier molecular flexibility index (Phi) is 2.17. The molecule has 1 atom stereocenters. The second kappa shape index (κ2) is 2.98. The predicted molar refractivity (Wildman–Crippen MR) is 65.6 cm³/mol. The van der Waals surface area contributed by atoms with Gasteiger partial charge in [-0.1, -0.05) is 39.3 Å². The van der Waals surface area contributed by atoms with E-state index in [1.807, 2.05) is 0 Å². The van der Waals surface area contributed by atoms with Crippen molar-refractivity contribution in [3.8, 4) is 0 Å². The lowest BCUT2D eigenvalue weighted by molar-refractivity contribution is 0.263. The Labute approximate surface area is 93.4 Å². The van der Waals surface area contributed by atoms with Crippen molar-refractivity contribution in [1.82, 2.24) is 0 Å². The van der Waals surface area contributed by atoms with E-state index >= 15 is 0 Å². The maximum Gasteiger partial charge on any atom is 0.0481 e. The lowest BCUT2D eigenvalue weighted by Crippen LogP contribution is -2.36. The monoisotopic (exact) mass is 205 g/mol. The third kappa shape index (κ3) is 1.48. The average Bonchev–Trinajstić information content (AvgIpc) is 2.40. The van der Waals surface area contributed by atoms with Gasteiger partial charge >= 0.3 is 0 Å². The van der Waals surface area contributed by atoms with Crippen LogP contribution in [0.3, 0.4) is 0 Å². The molecule has 0 bridgehead atoms. The highest BCUT2D eigenvalue weighted by atomic mass is 14.7. The summed E-state index contributed by atoms with van der Waals surface area (Å²) in [5, 5.41) is 0. The van der Waals surface area contributed by atoms with Crippen LogP contribution in [0.15, 0.2) is 22.8 Å². The maximum atomic E-state index is 6.30. The first-order valence-electron chi connectivity index (χ1n) is 5.95. The molecule has 2 aliphatic rings. The molecule has 0 aromatic carbocycles. The maximum absolute atomic E-state index is 6.30. The number of hydrogen-bond acceptors (Lipinski definition) is 1. The molecule has 0 heterocycles. The van der Waals surface area contributed by atoms with Crippen molar-refractivity contribution in [1.29, 1.82) is 0 Å². The Hall–Kier alpha value is -0.560. The zero-order chi connectivity index (χ0) is 11.4. The van der Waals surface area contributed by atoms with Crippen molar-refractivity contribution >= 4 is 0 Å². The van der Waals surface area contributed by atoms with Gasteiger partial charge in [0.1, 0.15) is 0 Å². The summed E-state index contributed by atoms with van der Waals surface area (Å²) in [6.07, 6.45) is 4.86. The molecule has 0 amide bonds. The van der Waals surface area contributed by atoms with Crippen LogP contribution < -0.4 is 5.73 Å². The largest absolute Gasteiger partial charge is 0.321 e. The first-order valence-corrected chi connectivity index (χ1v) is 5.95. The zero-order valence-electron chi connectivity index (χ0n) is 10.6. The van der Waals surface area contributed by atoms with E-state index in [-0.39, 0.29) is 6.04 Å². The normalized spacial score (nSPS) is 32.7. The van der Waals surface area contributed by atoms with Gasteiger partial charge in [0.2, 0.25) is 0 Å². The van der Waals surface area contributed by atoms with Gasteiger partial charge in [0, 0.05) is 6.04 Å². The van der Waals surface area contributed by atoms with Crippen LogP contribution in [0.2, 0.25) is 0 Å². The third-order valence-electron chi connectivity index (χ3n) is 4.30. The lowest BCUT2D eigenvalue weighted by Gasteiger charge is -2.42. The minimum atomic E-state index is 0.176. The first-order chi connectivity index (χ1) is 6.76. The molecular formula is C14H23N. The predicted octanol–water partition coefficient (Wildman–Crippen LogP) is 3.42. The fourth-order valence-corrected chi connectivity index (χ4v) is 3.03. The van der Waals surface area contributed by atoms with E-state index in [1.165, 1.54) is 29.6 Å². The average molecular weight is 205 g/mol. The van der Waals surface area contributed by atoms with Gasteiger partial charge in [0.25, 0.3) is 0 Å². The van der Waals surface area contributed by atoms with E-state index in [0.717, 1.165) is 0 Å². The zero-order valence-corrected chi connectivity index (χ0v) is 10.6. The van der Waals surface area contributed by atoms with Gasteiger partial charge in [-0.15, -0.1) is 0 Å². The molecule has 0 saturated heterocycles. The van der Waals surface area contributed by atoms with E-state index in [1.54, 1.807) is 0 Å². The summed E-state index contributed by atoms with van der Waals surface area (Å²) < 4.78 is 0. The second-order valence-corrected chi connectivity index (χ2v) is 6.46. The molecule has 0 radical (unpaired) electrons. The molecule has 84 valence electrons. The summed E-state index contributed by atoms with van der Waals surface area (Å²) in [4.78, 5) is 0. The highest BCUT2D eigenvalue weighted by Gasteiger charge is 2.43. The summed E-state index contributed by atoms with van der Waals surface area (Å²) in [5.41, 5.74) is 11.3. The van der Waals surface area contributed by atoms with Crippen molar-refractivity contribution in [2.45, 2.75) is 53.5 Å². The van der Waals surface area contributed by atoms with Crippen LogP contribution in [0.5, 0.6) is 0 Å². The summed E-state index contributed by atoms with van der Waals surface area (Å²) in [6.45, 7) is 11.5. The van der Waals surface area contributed by atoms with Crippen molar-refractivity contribution in [2.75, 3.05) is 0 Å². The minimum absolute atomic E-state index is 0.176. The van der Waals surface area contributed by atoms with Crippen molar-refractivity contribution in [3.63, 3.8) is 0 Å². The molecule has 1 unspecified atom stereocenters. The molecule has 2 N–H and O–H groups in total. The van der Waals surface area contributed by atoms with Crippen LogP contribution in [0.25, 0.3) is 0 Å². The van der Waals surface area contributed by atoms with Gasteiger partial charge in [0.15, 0.2) is 0 Å². The molecule has 15 heavy (non-hydrogen) atoms. The summed E-state index contributed by atoms with van der Waals surface area (Å²) in [7, 11) is 0. The Balaban J connectivity index is 2.56. The Morgan fingerprint density at radius 1 is 1.13 bits per heavy atom. The molecule has 0 saturated carbocycles. The molecule has 0 spiro atoms. The molecule has 0 aliphatic heterocycles. The molecule has 0 aromatic rings.